The minimum atomic E-state index is -1.62. The van der Waals surface area contributed by atoms with Crippen LogP contribution in [0.15, 0.2) is 54.6 Å². The van der Waals surface area contributed by atoms with Crippen molar-refractivity contribution in [2.24, 2.45) is 0 Å². The Morgan fingerprint density at radius 1 is 0.943 bits per heavy atom. The van der Waals surface area contributed by atoms with E-state index in [0.717, 1.165) is 16.5 Å². The van der Waals surface area contributed by atoms with Crippen LogP contribution in [0.25, 0.3) is 10.9 Å². The lowest BCUT2D eigenvalue weighted by molar-refractivity contribution is -0.308. The van der Waals surface area contributed by atoms with Crippen molar-refractivity contribution < 1.29 is 24.6 Å². The first-order valence-electron chi connectivity index (χ1n) is 9.95. The zero-order valence-electron chi connectivity index (χ0n) is 19.5. The summed E-state index contributed by atoms with van der Waals surface area (Å²) in [6, 6.07) is 10.7. The minimum absolute atomic E-state index is 0. The molecule has 1 aromatic heterocycles. The first-order chi connectivity index (χ1) is 15.6. The molecule has 0 aliphatic heterocycles. The molecule has 0 spiro atoms. The van der Waals surface area contributed by atoms with Gasteiger partial charge >= 0.3 is 0 Å². The Balaban J connectivity index is 0.00000306. The van der Waals surface area contributed by atoms with Gasteiger partial charge in [0.1, 0.15) is 5.82 Å². The number of nitrogens with two attached hydrogens (primary N) is 2. The van der Waals surface area contributed by atoms with Crippen LogP contribution in [0.3, 0.4) is 0 Å². The summed E-state index contributed by atoms with van der Waals surface area (Å²) in [6.07, 6.45) is 0.849. The van der Waals surface area contributed by atoms with Crippen molar-refractivity contribution in [1.29, 1.82) is 0 Å². The van der Waals surface area contributed by atoms with Crippen LogP contribution >= 0.6 is 0 Å². The monoisotopic (exact) mass is 477 g/mol. The molecule has 35 heavy (non-hydrogen) atoms. The zero-order chi connectivity index (χ0) is 24.1. The van der Waals surface area contributed by atoms with Crippen molar-refractivity contribution in [3.63, 3.8) is 0 Å². The van der Waals surface area contributed by atoms with E-state index in [-0.39, 0.29) is 26.4 Å². The Bertz CT molecular complexity index is 1240. The van der Waals surface area contributed by atoms with Crippen molar-refractivity contribution in [3.05, 3.63) is 86.2 Å². The lowest BCUT2D eigenvalue weighted by Gasteiger charge is -2.21. The number of benzene rings is 2. The number of hydrogen-bond donors (Lipinski definition) is 3. The van der Waals surface area contributed by atoms with Gasteiger partial charge in [0.25, 0.3) is 5.91 Å². The molecule has 2 aromatic carbocycles. The van der Waals surface area contributed by atoms with Crippen LogP contribution in [0.5, 0.6) is 0 Å². The predicted octanol–water partition coefficient (Wildman–Crippen LogP) is 0.0245. The third-order valence-electron chi connectivity index (χ3n) is 5.05. The smallest absolute Gasteiger partial charge is 0.251 e. The third kappa shape index (κ3) is 7.13. The maximum atomic E-state index is 12.4. The Labute approximate surface area is 203 Å². The molecule has 0 aliphatic rings. The summed E-state index contributed by atoms with van der Waals surface area (Å²) in [5.41, 5.74) is 13.9. The molecular weight excluding hydrogens is 450 g/mol. The van der Waals surface area contributed by atoms with Gasteiger partial charge in [0.15, 0.2) is 0 Å². The number of aromatic nitrogens is 2. The summed E-state index contributed by atoms with van der Waals surface area (Å²) in [7, 11) is 0. The Morgan fingerprint density at radius 2 is 1.54 bits per heavy atom. The fourth-order valence-corrected chi connectivity index (χ4v) is 3.25. The number of aryl methyl sites for hydroxylation is 2. The van der Waals surface area contributed by atoms with Crippen molar-refractivity contribution >= 4 is 40.5 Å². The second kappa shape index (κ2) is 11.9. The van der Waals surface area contributed by atoms with Crippen LogP contribution in [-0.4, -0.2) is 33.9 Å². The Morgan fingerprint density at radius 3 is 2.14 bits per heavy atom. The van der Waals surface area contributed by atoms with E-state index in [9.17, 15) is 24.6 Å². The van der Waals surface area contributed by atoms with Crippen molar-refractivity contribution in [3.8, 4) is 0 Å². The van der Waals surface area contributed by atoms with E-state index in [1.54, 1.807) is 24.3 Å². The second-order valence-corrected chi connectivity index (χ2v) is 7.46. The standard InChI is InChI=1S/C23H23N5O5.2CH3/c1-12(21(30)31)10-18(22(32)33)26-20(29)15-7-4-13(5-8-15)2-3-14-6-9-17-16(11-14)19(24)28-23(25)27-17;;/h4-9,11,18H,1-3,10H2,(H,26,29)(H,30,31)(H,32,33)(H4,24,25,27,28);2*1H3/q;2*+1/p-2. The van der Waals surface area contributed by atoms with Crippen LogP contribution < -0.4 is 27.0 Å². The van der Waals surface area contributed by atoms with Crippen LogP contribution in [0, 0.1) is 14.9 Å². The van der Waals surface area contributed by atoms with Gasteiger partial charge in [-0.25, -0.2) is 4.98 Å². The van der Waals surface area contributed by atoms with E-state index >= 15 is 0 Å². The molecular formula is C25H27N5O5. The van der Waals surface area contributed by atoms with E-state index in [1.807, 2.05) is 18.2 Å². The Kier molecular flexibility index (Phi) is 9.65. The summed E-state index contributed by atoms with van der Waals surface area (Å²) in [5, 5.41) is 24.9. The SMILES string of the molecule is C=C(CC(NC(=O)c1ccc(CCc2ccc3nc(N)nc(N)c3c2)cc1)C(=O)[O-])C(=O)[O-].[CH3+].[CH3+]. The van der Waals surface area contributed by atoms with E-state index < -0.39 is 35.9 Å². The number of carbonyl (C=O) groups excluding carboxylic acids is 3. The number of hydrogen-bond acceptors (Lipinski definition) is 9. The quantitative estimate of drug-likeness (QED) is 0.282. The average Bonchev–Trinajstić information content (AvgIpc) is 2.77. The molecule has 3 aromatic rings. The van der Waals surface area contributed by atoms with Gasteiger partial charge in [0.2, 0.25) is 5.95 Å². The van der Waals surface area contributed by atoms with E-state index in [4.69, 9.17) is 11.5 Å². The number of nitrogens with one attached hydrogen (secondary N) is 1. The topological polar surface area (TPSA) is 187 Å². The number of anilines is 2. The molecule has 10 nitrogen and oxygen atoms in total. The summed E-state index contributed by atoms with van der Waals surface area (Å²) >= 11 is 0. The van der Waals surface area contributed by atoms with Gasteiger partial charge in [-0.15, -0.1) is 0 Å². The molecule has 0 saturated carbocycles. The van der Waals surface area contributed by atoms with Crippen LogP contribution in [0.4, 0.5) is 11.8 Å². The molecule has 0 bridgehead atoms. The van der Waals surface area contributed by atoms with Gasteiger partial charge in [-0.3, -0.25) is 4.79 Å². The molecule has 0 saturated heterocycles. The number of carboxylic acid groups (broad SMARTS) is 2. The van der Waals surface area contributed by atoms with Gasteiger partial charge in [0, 0.05) is 25.8 Å². The number of nitrogens with zero attached hydrogens (tertiary/aromatic N) is 2. The van der Waals surface area contributed by atoms with Gasteiger partial charge in [-0.1, -0.05) is 24.8 Å². The lowest BCUT2D eigenvalue weighted by atomic mass is 10.0. The predicted molar refractivity (Wildman–Crippen MR) is 130 cm³/mol. The van der Waals surface area contributed by atoms with Crippen molar-refractivity contribution in [2.75, 3.05) is 11.5 Å². The highest BCUT2D eigenvalue weighted by Gasteiger charge is 2.16. The van der Waals surface area contributed by atoms with E-state index in [2.05, 4.69) is 21.9 Å². The van der Waals surface area contributed by atoms with Gasteiger partial charge in [0.05, 0.1) is 23.5 Å². The first kappa shape index (κ1) is 28.3. The second-order valence-electron chi connectivity index (χ2n) is 7.46. The van der Waals surface area contributed by atoms with Gasteiger partial charge < -0.3 is 36.6 Å². The largest absolute Gasteiger partial charge is 0.548 e. The Hall–Kier alpha value is -4.73. The molecule has 0 fully saturated rings. The van der Waals surface area contributed by atoms with E-state index in [0.29, 0.717) is 24.2 Å². The number of nitrogen functional groups attached to an aromatic ring is 2. The number of carbonyl (C=O) groups is 3. The average molecular weight is 478 g/mol. The number of aliphatic carboxylic acids is 2. The number of fused-ring (bicyclic) bond motifs is 1. The lowest BCUT2D eigenvalue weighted by Crippen LogP contribution is -2.48. The molecule has 3 rings (SSSR count). The highest BCUT2D eigenvalue weighted by atomic mass is 16.4. The molecule has 1 atom stereocenters. The molecule has 5 N–H and O–H groups in total. The molecule has 1 unspecified atom stereocenters. The molecule has 182 valence electrons. The molecule has 10 heteroatoms. The minimum Gasteiger partial charge on any atom is -0.548 e. The fourth-order valence-electron chi connectivity index (χ4n) is 3.25. The van der Waals surface area contributed by atoms with Crippen LogP contribution in [0.1, 0.15) is 27.9 Å². The summed E-state index contributed by atoms with van der Waals surface area (Å²) in [5.74, 6) is -3.46. The molecule has 1 heterocycles. The van der Waals surface area contributed by atoms with Gasteiger partial charge in [-0.2, -0.15) is 4.98 Å². The van der Waals surface area contributed by atoms with Crippen LogP contribution in [-0.2, 0) is 22.4 Å². The van der Waals surface area contributed by atoms with Crippen molar-refractivity contribution in [2.45, 2.75) is 25.3 Å². The number of rotatable bonds is 9. The normalized spacial score (nSPS) is 11.0. The number of carboxylic acids is 2. The number of amides is 1. The fraction of sp³-hybridized carbons (Fsp3) is 0.160. The summed E-state index contributed by atoms with van der Waals surface area (Å²) in [4.78, 5) is 42.4. The first-order valence-corrected chi connectivity index (χ1v) is 9.95. The third-order valence-corrected chi connectivity index (χ3v) is 5.05. The van der Waals surface area contributed by atoms with Gasteiger partial charge in [-0.05, 0) is 60.2 Å². The molecule has 0 aliphatic carbocycles. The highest BCUT2D eigenvalue weighted by molar-refractivity contribution is 5.97. The maximum Gasteiger partial charge on any atom is 0.251 e. The maximum absolute atomic E-state index is 12.4. The highest BCUT2D eigenvalue weighted by Crippen LogP contribution is 2.21. The summed E-state index contributed by atoms with van der Waals surface area (Å²) < 4.78 is 0. The summed E-state index contributed by atoms with van der Waals surface area (Å²) in [6.45, 7) is 3.21. The van der Waals surface area contributed by atoms with E-state index in [1.165, 1.54) is 0 Å². The molecule has 1 amide bonds. The van der Waals surface area contributed by atoms with Crippen molar-refractivity contribution in [1.82, 2.24) is 15.3 Å². The molecule has 0 radical (unpaired) electrons. The van der Waals surface area contributed by atoms with Crippen LogP contribution in [0.2, 0.25) is 0 Å². The zero-order valence-corrected chi connectivity index (χ0v) is 19.5.